The molecule has 0 saturated heterocycles. The molecule has 0 unspecified atom stereocenters. The smallest absolute Gasteiger partial charge is 0.238 e. The van der Waals surface area contributed by atoms with Crippen LogP contribution < -0.4 is 0 Å². The Morgan fingerprint density at radius 2 is 1.20 bits per heavy atom. The molecule has 0 aliphatic heterocycles. The van der Waals surface area contributed by atoms with E-state index >= 15 is 0 Å². The molecule has 0 radical (unpaired) electrons. The van der Waals surface area contributed by atoms with Crippen LogP contribution in [0.5, 0.6) is 0 Å². The highest BCUT2D eigenvalue weighted by Gasteiger charge is 2.25. The van der Waals surface area contributed by atoms with E-state index < -0.39 is 0 Å². The van der Waals surface area contributed by atoms with Crippen LogP contribution >= 0.6 is 0 Å². The standard InChI is InChI=1S/C40H24N6/c1-3-12-26(13-4-1)38-42-39(31-18-9-10-23-41-31)44-40(43-38)46-33-20-11-14-25-21-22-27-24-30-29-17-7-8-19-32(29)45(28-15-5-2-6-16-28)36(30)37(46)35(27)34(25)33/h1-24H. The van der Waals surface area contributed by atoms with Gasteiger partial charge in [0.25, 0.3) is 0 Å². The summed E-state index contributed by atoms with van der Waals surface area (Å²) in [5.74, 6) is 1.68. The number of benzene rings is 6. The van der Waals surface area contributed by atoms with Crippen LogP contribution in [-0.2, 0) is 0 Å². The van der Waals surface area contributed by atoms with Gasteiger partial charge in [-0.05, 0) is 53.2 Å². The van der Waals surface area contributed by atoms with Crippen LogP contribution in [0.25, 0.3) is 88.9 Å². The minimum Gasteiger partial charge on any atom is -0.307 e. The summed E-state index contributed by atoms with van der Waals surface area (Å²) >= 11 is 0. The lowest BCUT2D eigenvalue weighted by atomic mass is 10.00. The van der Waals surface area contributed by atoms with Gasteiger partial charge in [-0.3, -0.25) is 9.55 Å². The molecule has 0 fully saturated rings. The van der Waals surface area contributed by atoms with E-state index in [1.807, 2.05) is 48.5 Å². The first kappa shape index (κ1) is 25.0. The average molecular weight is 589 g/mol. The quantitative estimate of drug-likeness (QED) is 0.192. The second kappa shape index (κ2) is 9.55. The number of nitrogens with zero attached hydrogens (tertiary/aromatic N) is 6. The largest absolute Gasteiger partial charge is 0.307 e. The van der Waals surface area contributed by atoms with E-state index in [9.17, 15) is 0 Å². The molecule has 4 aromatic heterocycles. The minimum absolute atomic E-state index is 0.527. The Morgan fingerprint density at radius 1 is 0.457 bits per heavy atom. The van der Waals surface area contributed by atoms with Crippen molar-refractivity contribution in [2.75, 3.05) is 0 Å². The summed E-state index contributed by atoms with van der Waals surface area (Å²) in [4.78, 5) is 19.9. The second-order valence-electron chi connectivity index (χ2n) is 11.5. The van der Waals surface area contributed by atoms with E-state index in [1.54, 1.807) is 6.20 Å². The first-order chi connectivity index (χ1) is 22.8. The fraction of sp³-hybridized carbons (Fsp3) is 0. The number of hydrogen-bond donors (Lipinski definition) is 0. The topological polar surface area (TPSA) is 61.4 Å². The van der Waals surface area contributed by atoms with Gasteiger partial charge < -0.3 is 4.57 Å². The van der Waals surface area contributed by atoms with Crippen LogP contribution in [-0.4, -0.2) is 29.1 Å². The molecule has 10 rings (SSSR count). The summed E-state index contributed by atoms with van der Waals surface area (Å²) in [6, 6.07) is 48.4. The Bertz CT molecular complexity index is 2670. The Kier molecular flexibility index (Phi) is 5.19. The van der Waals surface area contributed by atoms with E-state index in [2.05, 4.69) is 105 Å². The molecular formula is C40H24N6. The molecule has 0 amide bonds. The zero-order valence-electron chi connectivity index (χ0n) is 24.5. The molecule has 4 heterocycles. The summed E-state index contributed by atoms with van der Waals surface area (Å²) in [6.07, 6.45) is 1.77. The van der Waals surface area contributed by atoms with Gasteiger partial charge in [-0.15, -0.1) is 0 Å². The van der Waals surface area contributed by atoms with Gasteiger partial charge in [0.2, 0.25) is 5.95 Å². The molecule has 0 atom stereocenters. The predicted octanol–water partition coefficient (Wildman–Crippen LogP) is 9.39. The Labute approximate surface area is 263 Å². The highest BCUT2D eigenvalue weighted by molar-refractivity contribution is 6.32. The number of aromatic nitrogens is 6. The van der Waals surface area contributed by atoms with Crippen molar-refractivity contribution in [3.8, 4) is 34.5 Å². The molecule has 6 nitrogen and oxygen atoms in total. The van der Waals surface area contributed by atoms with Crippen LogP contribution in [0.2, 0.25) is 0 Å². The van der Waals surface area contributed by atoms with Gasteiger partial charge in [-0.2, -0.15) is 9.97 Å². The minimum atomic E-state index is 0.527. The van der Waals surface area contributed by atoms with E-state index in [1.165, 1.54) is 32.3 Å². The van der Waals surface area contributed by atoms with Crippen LogP contribution in [0.3, 0.4) is 0 Å². The Hall–Kier alpha value is -6.40. The van der Waals surface area contributed by atoms with Crippen LogP contribution in [0.4, 0.5) is 0 Å². The van der Waals surface area contributed by atoms with E-state index in [4.69, 9.17) is 15.0 Å². The van der Waals surface area contributed by atoms with E-state index in [0.717, 1.165) is 33.3 Å². The van der Waals surface area contributed by atoms with Crippen LogP contribution in [0.15, 0.2) is 146 Å². The molecule has 10 aromatic rings. The summed E-state index contributed by atoms with van der Waals surface area (Å²) in [7, 11) is 0. The van der Waals surface area contributed by atoms with Gasteiger partial charge in [0, 0.05) is 39.0 Å². The van der Waals surface area contributed by atoms with Crippen molar-refractivity contribution in [1.82, 2.24) is 29.1 Å². The van der Waals surface area contributed by atoms with Gasteiger partial charge in [0.15, 0.2) is 11.6 Å². The van der Waals surface area contributed by atoms with E-state index in [-0.39, 0.29) is 0 Å². The SMILES string of the molecule is c1ccc(-c2nc(-c3ccccn3)nc(-n3c4cccc5ccc6cc7c8ccccc8n(-c8ccccc8)c7c3c6c54)n2)cc1. The molecule has 214 valence electrons. The third-order valence-corrected chi connectivity index (χ3v) is 8.96. The lowest BCUT2D eigenvalue weighted by molar-refractivity contribution is 0.948. The zero-order chi connectivity index (χ0) is 30.2. The molecule has 0 bridgehead atoms. The van der Waals surface area contributed by atoms with Crippen molar-refractivity contribution >= 4 is 54.4 Å². The molecule has 0 aliphatic carbocycles. The molecule has 0 saturated carbocycles. The molecule has 6 aromatic carbocycles. The number of para-hydroxylation sites is 2. The van der Waals surface area contributed by atoms with Crippen molar-refractivity contribution in [3.63, 3.8) is 0 Å². The maximum absolute atomic E-state index is 5.20. The third kappa shape index (κ3) is 3.52. The van der Waals surface area contributed by atoms with Gasteiger partial charge in [-0.1, -0.05) is 97.1 Å². The van der Waals surface area contributed by atoms with Gasteiger partial charge in [0.1, 0.15) is 5.69 Å². The monoisotopic (exact) mass is 588 g/mol. The summed E-state index contributed by atoms with van der Waals surface area (Å²) in [5.41, 5.74) is 7.09. The maximum Gasteiger partial charge on any atom is 0.238 e. The van der Waals surface area contributed by atoms with Crippen molar-refractivity contribution in [3.05, 3.63) is 146 Å². The third-order valence-electron chi connectivity index (χ3n) is 8.96. The summed E-state index contributed by atoms with van der Waals surface area (Å²) in [5, 5.41) is 7.14. The number of pyridine rings is 1. The Morgan fingerprint density at radius 3 is 2.04 bits per heavy atom. The highest BCUT2D eigenvalue weighted by Crippen LogP contribution is 2.45. The molecule has 6 heteroatoms. The molecular weight excluding hydrogens is 564 g/mol. The van der Waals surface area contributed by atoms with Crippen molar-refractivity contribution in [2.24, 2.45) is 0 Å². The number of rotatable bonds is 4. The zero-order valence-corrected chi connectivity index (χ0v) is 24.5. The normalized spacial score (nSPS) is 11.9. The van der Waals surface area contributed by atoms with Gasteiger partial charge in [-0.25, -0.2) is 4.98 Å². The first-order valence-corrected chi connectivity index (χ1v) is 15.3. The fourth-order valence-electron chi connectivity index (χ4n) is 7.04. The molecule has 0 aliphatic rings. The molecule has 0 N–H and O–H groups in total. The molecule has 46 heavy (non-hydrogen) atoms. The van der Waals surface area contributed by atoms with E-state index in [0.29, 0.717) is 23.3 Å². The van der Waals surface area contributed by atoms with Crippen molar-refractivity contribution in [1.29, 1.82) is 0 Å². The lowest BCUT2D eigenvalue weighted by Gasteiger charge is -2.13. The van der Waals surface area contributed by atoms with Gasteiger partial charge in [0.05, 0.1) is 22.1 Å². The van der Waals surface area contributed by atoms with Crippen molar-refractivity contribution < 1.29 is 0 Å². The number of fused-ring (bicyclic) bond motifs is 4. The predicted molar refractivity (Wildman–Crippen MR) is 186 cm³/mol. The van der Waals surface area contributed by atoms with Crippen LogP contribution in [0, 0.1) is 0 Å². The maximum atomic E-state index is 5.20. The lowest BCUT2D eigenvalue weighted by Crippen LogP contribution is -2.07. The highest BCUT2D eigenvalue weighted by atomic mass is 15.2. The van der Waals surface area contributed by atoms with Crippen molar-refractivity contribution in [2.45, 2.75) is 0 Å². The summed E-state index contributed by atoms with van der Waals surface area (Å²) < 4.78 is 4.63. The number of hydrogen-bond acceptors (Lipinski definition) is 4. The Balaban J connectivity index is 1.44. The fourth-order valence-corrected chi connectivity index (χ4v) is 7.04. The first-order valence-electron chi connectivity index (χ1n) is 15.3. The van der Waals surface area contributed by atoms with Crippen LogP contribution in [0.1, 0.15) is 0 Å². The second-order valence-corrected chi connectivity index (χ2v) is 11.5. The summed E-state index contributed by atoms with van der Waals surface area (Å²) in [6.45, 7) is 0. The molecule has 0 spiro atoms. The average Bonchev–Trinajstić information content (AvgIpc) is 3.66. The van der Waals surface area contributed by atoms with Gasteiger partial charge >= 0.3 is 0 Å².